The summed E-state index contributed by atoms with van der Waals surface area (Å²) in [5.41, 5.74) is 1.86. The third-order valence-electron chi connectivity index (χ3n) is 5.03. The minimum atomic E-state index is -0.213. The van der Waals surface area contributed by atoms with E-state index in [9.17, 15) is 4.79 Å². The summed E-state index contributed by atoms with van der Waals surface area (Å²) in [5.74, 6) is 0.807. The first-order valence-electron chi connectivity index (χ1n) is 8.97. The van der Waals surface area contributed by atoms with Gasteiger partial charge in [0.1, 0.15) is 11.4 Å². The van der Waals surface area contributed by atoms with Crippen LogP contribution in [-0.2, 0) is 4.79 Å². The Morgan fingerprint density at radius 2 is 1.80 bits per heavy atom. The Morgan fingerprint density at radius 1 is 1.12 bits per heavy atom. The highest BCUT2D eigenvalue weighted by atomic mass is 16.5. The van der Waals surface area contributed by atoms with Gasteiger partial charge in [0.25, 0.3) is 0 Å². The summed E-state index contributed by atoms with van der Waals surface area (Å²) in [6, 6.07) is 17.8. The van der Waals surface area contributed by atoms with Crippen LogP contribution in [0.3, 0.4) is 0 Å². The molecule has 0 fully saturated rings. The van der Waals surface area contributed by atoms with Crippen molar-refractivity contribution in [3.63, 3.8) is 0 Å². The summed E-state index contributed by atoms with van der Waals surface area (Å²) >= 11 is 0. The predicted molar refractivity (Wildman–Crippen MR) is 101 cm³/mol. The average molecular weight is 335 g/mol. The van der Waals surface area contributed by atoms with Gasteiger partial charge < -0.3 is 10.1 Å². The monoisotopic (exact) mass is 335 g/mol. The number of carbonyl (C=O) groups is 1. The van der Waals surface area contributed by atoms with Crippen molar-refractivity contribution in [2.45, 2.75) is 44.8 Å². The number of ether oxygens (including phenoxy) is 1. The Kier molecular flexibility index (Phi) is 5.22. The van der Waals surface area contributed by atoms with Crippen LogP contribution >= 0.6 is 0 Å². The SMILES string of the molecule is CCC1(CC)CC(NC(=O)/C=C/c2ccccc2)c2ccccc2O1. The van der Waals surface area contributed by atoms with E-state index in [0.29, 0.717) is 0 Å². The molecule has 3 rings (SSSR count). The zero-order chi connectivity index (χ0) is 17.7. The van der Waals surface area contributed by atoms with Gasteiger partial charge in [-0.2, -0.15) is 0 Å². The van der Waals surface area contributed by atoms with Crippen molar-refractivity contribution in [1.82, 2.24) is 5.32 Å². The fourth-order valence-electron chi connectivity index (χ4n) is 3.39. The van der Waals surface area contributed by atoms with E-state index in [1.54, 1.807) is 6.08 Å². The average Bonchev–Trinajstić information content (AvgIpc) is 2.67. The van der Waals surface area contributed by atoms with Gasteiger partial charge in [-0.3, -0.25) is 4.79 Å². The highest BCUT2D eigenvalue weighted by molar-refractivity contribution is 5.92. The van der Waals surface area contributed by atoms with Crippen LogP contribution in [-0.4, -0.2) is 11.5 Å². The summed E-state index contributed by atoms with van der Waals surface area (Å²) in [7, 11) is 0. The molecule has 1 aliphatic heterocycles. The van der Waals surface area contributed by atoms with Gasteiger partial charge in [0.2, 0.25) is 5.91 Å². The standard InChI is InChI=1S/C22H25NO2/c1-3-22(4-2)16-19(18-12-8-9-13-20(18)25-22)23-21(24)15-14-17-10-6-5-7-11-17/h5-15,19H,3-4,16H2,1-2H3,(H,23,24)/b15-14+. The minimum Gasteiger partial charge on any atom is -0.487 e. The Balaban J connectivity index is 1.78. The van der Waals surface area contributed by atoms with Gasteiger partial charge in [-0.25, -0.2) is 0 Å². The molecule has 2 aromatic rings. The van der Waals surface area contributed by atoms with Crippen LogP contribution in [0.15, 0.2) is 60.7 Å². The van der Waals surface area contributed by atoms with Gasteiger partial charge in [0.05, 0.1) is 6.04 Å². The topological polar surface area (TPSA) is 38.3 Å². The second kappa shape index (κ2) is 7.56. The number of hydrogen-bond donors (Lipinski definition) is 1. The van der Waals surface area contributed by atoms with E-state index in [2.05, 4.69) is 19.2 Å². The van der Waals surface area contributed by atoms with Crippen LogP contribution in [0.4, 0.5) is 0 Å². The minimum absolute atomic E-state index is 0.0298. The summed E-state index contributed by atoms with van der Waals surface area (Å²) in [5, 5.41) is 3.16. The van der Waals surface area contributed by atoms with Gasteiger partial charge >= 0.3 is 0 Å². The lowest BCUT2D eigenvalue weighted by Gasteiger charge is -2.41. The van der Waals surface area contributed by atoms with Gasteiger partial charge in [0.15, 0.2) is 0 Å². The number of nitrogens with one attached hydrogen (secondary N) is 1. The van der Waals surface area contributed by atoms with E-state index in [0.717, 1.165) is 36.1 Å². The van der Waals surface area contributed by atoms with Crippen molar-refractivity contribution in [3.05, 3.63) is 71.8 Å². The Hall–Kier alpha value is -2.55. The molecular formula is C22H25NO2. The van der Waals surface area contributed by atoms with E-state index in [1.807, 2.05) is 60.7 Å². The third kappa shape index (κ3) is 3.93. The first-order valence-corrected chi connectivity index (χ1v) is 8.97. The maximum Gasteiger partial charge on any atom is 0.244 e. The molecule has 0 spiro atoms. The number of fused-ring (bicyclic) bond motifs is 1. The summed E-state index contributed by atoms with van der Waals surface area (Å²) in [6.07, 6.45) is 6.08. The molecule has 25 heavy (non-hydrogen) atoms. The number of amides is 1. The zero-order valence-electron chi connectivity index (χ0n) is 14.9. The van der Waals surface area contributed by atoms with E-state index in [1.165, 1.54) is 0 Å². The number of rotatable bonds is 5. The first-order chi connectivity index (χ1) is 12.2. The Bertz CT molecular complexity index is 748. The van der Waals surface area contributed by atoms with Crippen LogP contribution < -0.4 is 10.1 Å². The fraction of sp³-hybridized carbons (Fsp3) is 0.318. The number of benzene rings is 2. The molecule has 3 nitrogen and oxygen atoms in total. The molecule has 130 valence electrons. The van der Waals surface area contributed by atoms with E-state index in [4.69, 9.17) is 4.74 Å². The van der Waals surface area contributed by atoms with Crippen LogP contribution in [0.1, 0.15) is 50.3 Å². The zero-order valence-corrected chi connectivity index (χ0v) is 14.9. The quantitative estimate of drug-likeness (QED) is 0.789. The maximum absolute atomic E-state index is 12.4. The van der Waals surface area contributed by atoms with Gasteiger partial charge in [-0.1, -0.05) is 62.4 Å². The molecule has 0 aromatic heterocycles. The molecule has 0 bridgehead atoms. The van der Waals surface area contributed by atoms with Crippen molar-refractivity contribution < 1.29 is 9.53 Å². The molecule has 1 N–H and O–H groups in total. The van der Waals surface area contributed by atoms with Crippen molar-refractivity contribution >= 4 is 12.0 Å². The number of hydrogen-bond acceptors (Lipinski definition) is 2. The van der Waals surface area contributed by atoms with Crippen LogP contribution in [0, 0.1) is 0 Å². The molecule has 1 aliphatic rings. The molecular weight excluding hydrogens is 310 g/mol. The summed E-state index contributed by atoms with van der Waals surface area (Å²) < 4.78 is 6.29. The molecule has 0 radical (unpaired) electrons. The van der Waals surface area contributed by atoms with Crippen LogP contribution in [0.25, 0.3) is 6.08 Å². The Morgan fingerprint density at radius 3 is 2.52 bits per heavy atom. The fourth-order valence-corrected chi connectivity index (χ4v) is 3.39. The second-order valence-electron chi connectivity index (χ2n) is 6.54. The number of para-hydroxylation sites is 1. The lowest BCUT2D eigenvalue weighted by molar-refractivity contribution is -0.117. The van der Waals surface area contributed by atoms with Crippen molar-refractivity contribution in [1.29, 1.82) is 0 Å². The van der Waals surface area contributed by atoms with Gasteiger partial charge in [0, 0.05) is 18.1 Å². The molecule has 2 aromatic carbocycles. The third-order valence-corrected chi connectivity index (χ3v) is 5.03. The lowest BCUT2D eigenvalue weighted by atomic mass is 9.83. The summed E-state index contributed by atoms with van der Waals surface area (Å²) in [4.78, 5) is 12.4. The normalized spacial score (nSPS) is 18.4. The highest BCUT2D eigenvalue weighted by Crippen LogP contribution is 2.42. The molecule has 0 saturated heterocycles. The van der Waals surface area contributed by atoms with Gasteiger partial charge in [-0.15, -0.1) is 0 Å². The van der Waals surface area contributed by atoms with E-state index in [-0.39, 0.29) is 17.6 Å². The molecule has 1 amide bonds. The molecule has 1 atom stereocenters. The maximum atomic E-state index is 12.4. The number of carbonyl (C=O) groups excluding carboxylic acids is 1. The molecule has 1 unspecified atom stereocenters. The molecule has 3 heteroatoms. The van der Waals surface area contributed by atoms with Crippen LogP contribution in [0.2, 0.25) is 0 Å². The lowest BCUT2D eigenvalue weighted by Crippen LogP contribution is -2.44. The predicted octanol–water partition coefficient (Wildman–Crippen LogP) is 4.90. The molecule has 1 heterocycles. The molecule has 0 saturated carbocycles. The van der Waals surface area contributed by atoms with E-state index >= 15 is 0 Å². The highest BCUT2D eigenvalue weighted by Gasteiger charge is 2.38. The molecule has 0 aliphatic carbocycles. The van der Waals surface area contributed by atoms with Gasteiger partial charge in [-0.05, 0) is 30.5 Å². The van der Waals surface area contributed by atoms with Crippen molar-refractivity contribution in [2.24, 2.45) is 0 Å². The Labute approximate surface area is 149 Å². The van der Waals surface area contributed by atoms with Crippen molar-refractivity contribution in [3.8, 4) is 5.75 Å². The van der Waals surface area contributed by atoms with Crippen molar-refractivity contribution in [2.75, 3.05) is 0 Å². The summed E-state index contributed by atoms with van der Waals surface area (Å²) in [6.45, 7) is 4.29. The smallest absolute Gasteiger partial charge is 0.244 e. The first kappa shape index (κ1) is 17.3. The second-order valence-corrected chi connectivity index (χ2v) is 6.54. The van der Waals surface area contributed by atoms with E-state index < -0.39 is 0 Å². The van der Waals surface area contributed by atoms with Crippen LogP contribution in [0.5, 0.6) is 5.75 Å². The largest absolute Gasteiger partial charge is 0.487 e.